The monoisotopic (exact) mass is 285 g/mol. The van der Waals surface area contributed by atoms with Crippen molar-refractivity contribution in [1.29, 1.82) is 0 Å². The minimum atomic E-state index is -0.123. The molecular formula is C18H23NO2. The molecule has 0 saturated heterocycles. The highest BCUT2D eigenvalue weighted by molar-refractivity contribution is 5.42. The molecule has 2 aromatic carbocycles. The molecular weight excluding hydrogens is 262 g/mol. The Labute approximate surface area is 126 Å². The summed E-state index contributed by atoms with van der Waals surface area (Å²) < 4.78 is 10.7. The zero-order chi connectivity index (χ0) is 15.2. The van der Waals surface area contributed by atoms with Crippen LogP contribution >= 0.6 is 0 Å². The molecule has 0 aliphatic heterocycles. The molecule has 0 amide bonds. The maximum Gasteiger partial charge on any atom is 0.123 e. The third-order valence-electron chi connectivity index (χ3n) is 3.72. The van der Waals surface area contributed by atoms with E-state index in [4.69, 9.17) is 15.2 Å². The van der Waals surface area contributed by atoms with Crippen LogP contribution in [0.25, 0.3) is 0 Å². The maximum atomic E-state index is 6.36. The van der Waals surface area contributed by atoms with Crippen LogP contribution in [-0.2, 0) is 12.8 Å². The average molecular weight is 285 g/mol. The number of methoxy groups -OCH3 is 2. The number of hydrogen-bond acceptors (Lipinski definition) is 3. The molecule has 0 aliphatic carbocycles. The number of hydrogen-bond donors (Lipinski definition) is 1. The van der Waals surface area contributed by atoms with Gasteiger partial charge in [-0.05, 0) is 42.2 Å². The number of nitrogens with two attached hydrogens (primary N) is 1. The molecule has 0 aromatic heterocycles. The van der Waals surface area contributed by atoms with Gasteiger partial charge in [0.25, 0.3) is 0 Å². The van der Waals surface area contributed by atoms with Crippen molar-refractivity contribution in [3.05, 3.63) is 59.2 Å². The summed E-state index contributed by atoms with van der Waals surface area (Å²) in [5, 5.41) is 0. The second-order valence-electron chi connectivity index (χ2n) is 5.09. The largest absolute Gasteiger partial charge is 0.497 e. The summed E-state index contributed by atoms with van der Waals surface area (Å²) in [7, 11) is 3.31. The lowest BCUT2D eigenvalue weighted by molar-refractivity contribution is 0.395. The van der Waals surface area contributed by atoms with Gasteiger partial charge in [0.05, 0.1) is 14.2 Å². The molecule has 2 N–H and O–H groups in total. The SMILES string of the molecule is CCc1ccc(CC(N)c2cc(OC)ccc2OC)cc1. The minimum absolute atomic E-state index is 0.123. The average Bonchev–Trinajstić information content (AvgIpc) is 2.54. The van der Waals surface area contributed by atoms with E-state index in [1.165, 1.54) is 11.1 Å². The fourth-order valence-electron chi connectivity index (χ4n) is 2.40. The van der Waals surface area contributed by atoms with Crippen molar-refractivity contribution < 1.29 is 9.47 Å². The third-order valence-corrected chi connectivity index (χ3v) is 3.72. The smallest absolute Gasteiger partial charge is 0.123 e. The van der Waals surface area contributed by atoms with Crippen LogP contribution in [-0.4, -0.2) is 14.2 Å². The highest BCUT2D eigenvalue weighted by Crippen LogP contribution is 2.30. The van der Waals surface area contributed by atoms with Crippen LogP contribution < -0.4 is 15.2 Å². The van der Waals surface area contributed by atoms with Crippen molar-refractivity contribution in [2.24, 2.45) is 5.73 Å². The number of aryl methyl sites for hydroxylation is 1. The standard InChI is InChI=1S/C18H23NO2/c1-4-13-5-7-14(8-6-13)11-17(19)16-12-15(20-2)9-10-18(16)21-3/h5-10,12,17H,4,11,19H2,1-3H3. The van der Waals surface area contributed by atoms with E-state index < -0.39 is 0 Å². The Morgan fingerprint density at radius 3 is 2.19 bits per heavy atom. The van der Waals surface area contributed by atoms with E-state index >= 15 is 0 Å². The van der Waals surface area contributed by atoms with Gasteiger partial charge in [-0.3, -0.25) is 0 Å². The topological polar surface area (TPSA) is 44.5 Å². The third kappa shape index (κ3) is 3.76. The van der Waals surface area contributed by atoms with E-state index in [1.807, 2.05) is 18.2 Å². The van der Waals surface area contributed by atoms with Crippen LogP contribution in [0.3, 0.4) is 0 Å². The Morgan fingerprint density at radius 1 is 0.952 bits per heavy atom. The summed E-state index contributed by atoms with van der Waals surface area (Å²) in [6, 6.07) is 14.2. The zero-order valence-electron chi connectivity index (χ0n) is 12.9. The molecule has 1 atom stereocenters. The second kappa shape index (κ2) is 7.14. The Morgan fingerprint density at radius 2 is 1.62 bits per heavy atom. The first kappa shape index (κ1) is 15.4. The van der Waals surface area contributed by atoms with Crippen molar-refractivity contribution in [2.45, 2.75) is 25.8 Å². The number of ether oxygens (including phenoxy) is 2. The normalized spacial score (nSPS) is 12.0. The van der Waals surface area contributed by atoms with Gasteiger partial charge in [-0.2, -0.15) is 0 Å². The maximum absolute atomic E-state index is 6.36. The van der Waals surface area contributed by atoms with Gasteiger partial charge >= 0.3 is 0 Å². The van der Waals surface area contributed by atoms with E-state index in [1.54, 1.807) is 14.2 Å². The van der Waals surface area contributed by atoms with E-state index in [-0.39, 0.29) is 6.04 Å². The first-order valence-corrected chi connectivity index (χ1v) is 7.23. The summed E-state index contributed by atoms with van der Waals surface area (Å²) >= 11 is 0. The fraction of sp³-hybridized carbons (Fsp3) is 0.333. The molecule has 0 bridgehead atoms. The van der Waals surface area contributed by atoms with E-state index in [0.29, 0.717) is 0 Å². The Kier molecular flexibility index (Phi) is 5.23. The second-order valence-corrected chi connectivity index (χ2v) is 5.09. The van der Waals surface area contributed by atoms with Crippen molar-refractivity contribution >= 4 is 0 Å². The van der Waals surface area contributed by atoms with Gasteiger partial charge in [0.1, 0.15) is 11.5 Å². The van der Waals surface area contributed by atoms with Gasteiger partial charge in [-0.15, -0.1) is 0 Å². The van der Waals surface area contributed by atoms with Crippen molar-refractivity contribution in [3.8, 4) is 11.5 Å². The lowest BCUT2D eigenvalue weighted by Crippen LogP contribution is -2.14. The van der Waals surface area contributed by atoms with Crippen molar-refractivity contribution in [2.75, 3.05) is 14.2 Å². The minimum Gasteiger partial charge on any atom is -0.497 e. The first-order chi connectivity index (χ1) is 10.2. The van der Waals surface area contributed by atoms with Gasteiger partial charge in [-0.25, -0.2) is 0 Å². The predicted octanol–water partition coefficient (Wildman–Crippen LogP) is 3.51. The summed E-state index contributed by atoms with van der Waals surface area (Å²) in [5.74, 6) is 1.59. The number of benzene rings is 2. The van der Waals surface area contributed by atoms with Crippen LogP contribution in [0.15, 0.2) is 42.5 Å². The van der Waals surface area contributed by atoms with Crippen molar-refractivity contribution in [3.63, 3.8) is 0 Å². The Hall–Kier alpha value is -2.00. The van der Waals surface area contributed by atoms with Gasteiger partial charge in [0.2, 0.25) is 0 Å². The number of rotatable bonds is 6. The van der Waals surface area contributed by atoms with Gasteiger partial charge in [0.15, 0.2) is 0 Å². The van der Waals surface area contributed by atoms with Crippen LogP contribution in [0.5, 0.6) is 11.5 Å². The highest BCUT2D eigenvalue weighted by Gasteiger charge is 2.14. The molecule has 3 nitrogen and oxygen atoms in total. The Bertz CT molecular complexity index is 578. The molecule has 3 heteroatoms. The van der Waals surface area contributed by atoms with Crippen molar-refractivity contribution in [1.82, 2.24) is 0 Å². The van der Waals surface area contributed by atoms with Gasteiger partial charge in [-0.1, -0.05) is 31.2 Å². The van der Waals surface area contributed by atoms with Crippen LogP contribution in [0.4, 0.5) is 0 Å². The molecule has 2 rings (SSSR count). The highest BCUT2D eigenvalue weighted by atomic mass is 16.5. The Balaban J connectivity index is 2.20. The molecule has 0 spiro atoms. The van der Waals surface area contributed by atoms with E-state index in [9.17, 15) is 0 Å². The molecule has 21 heavy (non-hydrogen) atoms. The molecule has 0 heterocycles. The van der Waals surface area contributed by atoms with E-state index in [0.717, 1.165) is 29.9 Å². The molecule has 1 unspecified atom stereocenters. The molecule has 0 fully saturated rings. The molecule has 0 radical (unpaired) electrons. The summed E-state index contributed by atoms with van der Waals surface area (Å²) in [6.45, 7) is 2.15. The molecule has 112 valence electrons. The van der Waals surface area contributed by atoms with Crippen LogP contribution in [0, 0.1) is 0 Å². The molecule has 0 saturated carbocycles. The fourth-order valence-corrected chi connectivity index (χ4v) is 2.40. The summed E-state index contributed by atoms with van der Waals surface area (Å²) in [5.41, 5.74) is 9.90. The lowest BCUT2D eigenvalue weighted by Gasteiger charge is -2.17. The van der Waals surface area contributed by atoms with Gasteiger partial charge in [0, 0.05) is 11.6 Å². The van der Waals surface area contributed by atoms with Gasteiger partial charge < -0.3 is 15.2 Å². The lowest BCUT2D eigenvalue weighted by atomic mass is 9.97. The van der Waals surface area contributed by atoms with Crippen LogP contribution in [0.2, 0.25) is 0 Å². The molecule has 0 aliphatic rings. The van der Waals surface area contributed by atoms with Crippen LogP contribution in [0.1, 0.15) is 29.7 Å². The van der Waals surface area contributed by atoms with E-state index in [2.05, 4.69) is 31.2 Å². The quantitative estimate of drug-likeness (QED) is 0.883. The molecule has 2 aromatic rings. The summed E-state index contributed by atoms with van der Waals surface area (Å²) in [6.07, 6.45) is 1.82. The summed E-state index contributed by atoms with van der Waals surface area (Å²) in [4.78, 5) is 0. The zero-order valence-corrected chi connectivity index (χ0v) is 12.9. The first-order valence-electron chi connectivity index (χ1n) is 7.23. The predicted molar refractivity (Wildman–Crippen MR) is 86.0 cm³/mol.